The minimum atomic E-state index is -0.269. The van der Waals surface area contributed by atoms with Gasteiger partial charge in [-0.05, 0) is 85.5 Å². The Morgan fingerprint density at radius 1 is 0.865 bits per heavy atom. The molecule has 6 heteroatoms. The van der Waals surface area contributed by atoms with Gasteiger partial charge in [0.05, 0.1) is 23.4 Å². The molecule has 2 heterocycles. The first-order chi connectivity index (χ1) is 18.1. The number of hydrogen-bond acceptors (Lipinski definition) is 3. The van der Waals surface area contributed by atoms with Crippen LogP contribution >= 0.6 is 0 Å². The number of amides is 1. The van der Waals surface area contributed by atoms with E-state index in [0.717, 1.165) is 47.2 Å². The van der Waals surface area contributed by atoms with Crippen molar-refractivity contribution < 1.29 is 9.18 Å². The van der Waals surface area contributed by atoms with Gasteiger partial charge in [0, 0.05) is 36.6 Å². The van der Waals surface area contributed by atoms with Crippen LogP contribution in [0.4, 0.5) is 10.1 Å². The molecule has 3 aromatic carbocycles. The number of fused-ring (bicyclic) bond motifs is 1. The Balaban J connectivity index is 1.26. The smallest absolute Gasteiger partial charge is 0.229 e. The van der Waals surface area contributed by atoms with E-state index in [0.29, 0.717) is 6.42 Å². The van der Waals surface area contributed by atoms with Crippen molar-refractivity contribution in [3.8, 4) is 5.69 Å². The fraction of sp³-hybridized carbons (Fsp3) is 0.355. The molecule has 1 aliphatic heterocycles. The molecular formula is C31H31FN4O. The van der Waals surface area contributed by atoms with E-state index in [2.05, 4.69) is 40.3 Å². The van der Waals surface area contributed by atoms with Crippen LogP contribution in [0.1, 0.15) is 43.7 Å². The molecule has 4 aromatic rings. The maximum atomic E-state index is 13.7. The summed E-state index contributed by atoms with van der Waals surface area (Å²) in [6.07, 6.45) is 7.63. The van der Waals surface area contributed by atoms with Gasteiger partial charge in [-0.3, -0.25) is 9.69 Å². The number of benzene rings is 3. The van der Waals surface area contributed by atoms with E-state index in [1.807, 2.05) is 34.0 Å². The number of carbonyl (C=O) groups is 1. The molecule has 0 unspecified atom stereocenters. The van der Waals surface area contributed by atoms with E-state index < -0.39 is 0 Å². The van der Waals surface area contributed by atoms with Crippen molar-refractivity contribution in [3.05, 3.63) is 90.4 Å². The zero-order valence-electron chi connectivity index (χ0n) is 20.8. The van der Waals surface area contributed by atoms with Crippen LogP contribution in [0.3, 0.4) is 0 Å². The predicted molar refractivity (Wildman–Crippen MR) is 143 cm³/mol. The Morgan fingerprint density at radius 2 is 1.54 bits per heavy atom. The Hall–Kier alpha value is -3.51. The second-order valence-electron chi connectivity index (χ2n) is 11.0. The molecule has 3 aliphatic rings. The first-order valence-corrected chi connectivity index (χ1v) is 13.5. The maximum Gasteiger partial charge on any atom is 0.229 e. The van der Waals surface area contributed by atoms with Crippen LogP contribution in [0.25, 0.3) is 16.6 Å². The molecule has 0 spiro atoms. The average molecular weight is 495 g/mol. The Kier molecular flexibility index (Phi) is 5.58. The molecule has 1 amide bonds. The van der Waals surface area contributed by atoms with Crippen molar-refractivity contribution in [3.63, 3.8) is 0 Å². The van der Waals surface area contributed by atoms with Crippen LogP contribution in [-0.4, -0.2) is 39.7 Å². The van der Waals surface area contributed by atoms with Crippen LogP contribution in [0.5, 0.6) is 0 Å². The van der Waals surface area contributed by atoms with Crippen molar-refractivity contribution in [2.45, 2.75) is 44.2 Å². The highest BCUT2D eigenvalue weighted by atomic mass is 19.1. The first-order valence-electron chi connectivity index (χ1n) is 13.5. The van der Waals surface area contributed by atoms with Gasteiger partial charge in [-0.25, -0.2) is 9.07 Å². The van der Waals surface area contributed by atoms with Gasteiger partial charge < -0.3 is 4.90 Å². The molecule has 37 heavy (non-hydrogen) atoms. The summed E-state index contributed by atoms with van der Waals surface area (Å²) in [6, 6.07) is 23.2. The lowest BCUT2D eigenvalue weighted by atomic mass is 9.97. The molecule has 7 rings (SSSR count). The molecule has 2 aliphatic carbocycles. The third kappa shape index (κ3) is 4.44. The van der Waals surface area contributed by atoms with E-state index in [1.165, 1.54) is 43.4 Å². The number of halogens is 1. The van der Waals surface area contributed by atoms with E-state index in [4.69, 9.17) is 0 Å². The molecule has 0 N–H and O–H groups in total. The topological polar surface area (TPSA) is 41.4 Å². The van der Waals surface area contributed by atoms with Crippen molar-refractivity contribution in [1.29, 1.82) is 0 Å². The molecule has 1 saturated heterocycles. The molecular weight excluding hydrogens is 463 g/mol. The van der Waals surface area contributed by atoms with Crippen LogP contribution in [0.15, 0.2) is 79.0 Å². The molecule has 0 radical (unpaired) electrons. The fourth-order valence-corrected chi connectivity index (χ4v) is 5.94. The highest BCUT2D eigenvalue weighted by Crippen LogP contribution is 2.44. The average Bonchev–Trinajstić information content (AvgIpc) is 3.84. The largest absolute Gasteiger partial charge is 0.303 e. The maximum absolute atomic E-state index is 13.7. The molecule has 0 bridgehead atoms. The van der Waals surface area contributed by atoms with Gasteiger partial charge in [0.25, 0.3) is 0 Å². The fourth-order valence-electron chi connectivity index (χ4n) is 5.94. The van der Waals surface area contributed by atoms with Crippen LogP contribution in [0.2, 0.25) is 0 Å². The minimum absolute atomic E-state index is 0.0178. The number of hydrogen-bond donors (Lipinski definition) is 0. The zero-order chi connectivity index (χ0) is 24.9. The summed E-state index contributed by atoms with van der Waals surface area (Å²) in [4.78, 5) is 18.4. The van der Waals surface area contributed by atoms with Gasteiger partial charge in [0.1, 0.15) is 5.82 Å². The monoisotopic (exact) mass is 494 g/mol. The highest BCUT2D eigenvalue weighted by molar-refractivity contribution is 5.99. The summed E-state index contributed by atoms with van der Waals surface area (Å²) in [5.41, 5.74) is 3.83. The summed E-state index contributed by atoms with van der Waals surface area (Å²) < 4.78 is 15.3. The van der Waals surface area contributed by atoms with E-state index >= 15 is 0 Å². The summed E-state index contributed by atoms with van der Waals surface area (Å²) in [5.74, 6) is 1.48. The Morgan fingerprint density at radius 3 is 2.22 bits per heavy atom. The van der Waals surface area contributed by atoms with Crippen molar-refractivity contribution >= 4 is 22.5 Å². The molecule has 2 saturated carbocycles. The van der Waals surface area contributed by atoms with Gasteiger partial charge in [0.2, 0.25) is 5.91 Å². The third-order valence-corrected chi connectivity index (χ3v) is 8.19. The Bertz CT molecular complexity index is 1410. The van der Waals surface area contributed by atoms with Crippen LogP contribution in [0, 0.1) is 17.7 Å². The van der Waals surface area contributed by atoms with Crippen molar-refractivity contribution in [2.24, 2.45) is 11.8 Å². The van der Waals surface area contributed by atoms with Gasteiger partial charge in [0.15, 0.2) is 0 Å². The number of carbonyl (C=O) groups excluding carboxylic acids is 1. The van der Waals surface area contributed by atoms with Gasteiger partial charge in [-0.15, -0.1) is 0 Å². The summed E-state index contributed by atoms with van der Waals surface area (Å²) in [7, 11) is 0. The first kappa shape index (κ1) is 22.7. The highest BCUT2D eigenvalue weighted by Gasteiger charge is 2.46. The quantitative estimate of drug-likeness (QED) is 0.296. The number of aromatic nitrogens is 2. The van der Waals surface area contributed by atoms with Gasteiger partial charge >= 0.3 is 0 Å². The van der Waals surface area contributed by atoms with Gasteiger partial charge in [-0.1, -0.05) is 30.3 Å². The van der Waals surface area contributed by atoms with E-state index in [9.17, 15) is 9.18 Å². The molecule has 3 fully saturated rings. The van der Waals surface area contributed by atoms with E-state index in [-0.39, 0.29) is 23.8 Å². The third-order valence-electron chi connectivity index (χ3n) is 8.19. The van der Waals surface area contributed by atoms with Crippen LogP contribution < -0.4 is 4.90 Å². The lowest BCUT2D eigenvalue weighted by Crippen LogP contribution is -2.42. The summed E-state index contributed by atoms with van der Waals surface area (Å²) >= 11 is 0. The number of anilines is 1. The standard InChI is InChI=1S/C31H31FN4O/c32-25-10-12-26(13-11-25)36-28-15-14-27(16-24(28)18-33-36)35-30(37)17-29(31(35)23-4-2-1-3-5-23)34(19-21-6-7-21)20-22-8-9-22/h1-5,10-16,18,21-22,29,31H,6-9,17,19-20H2/t29-,31-/m0/s1. The zero-order valence-corrected chi connectivity index (χ0v) is 20.8. The van der Waals surface area contributed by atoms with Gasteiger partial charge in [-0.2, -0.15) is 5.10 Å². The molecule has 5 nitrogen and oxygen atoms in total. The summed E-state index contributed by atoms with van der Waals surface area (Å²) in [6.45, 7) is 2.21. The molecule has 2 atom stereocenters. The number of rotatable bonds is 8. The molecule has 1 aromatic heterocycles. The number of nitrogens with zero attached hydrogens (tertiary/aromatic N) is 4. The second kappa shape index (κ2) is 9.10. The van der Waals surface area contributed by atoms with Crippen molar-refractivity contribution in [1.82, 2.24) is 14.7 Å². The predicted octanol–water partition coefficient (Wildman–Crippen LogP) is 6.13. The van der Waals surface area contributed by atoms with Crippen molar-refractivity contribution in [2.75, 3.05) is 18.0 Å². The Labute approximate surface area is 216 Å². The normalized spacial score (nSPS) is 21.9. The minimum Gasteiger partial charge on any atom is -0.303 e. The second-order valence-corrected chi connectivity index (χ2v) is 11.0. The lowest BCUT2D eigenvalue weighted by molar-refractivity contribution is -0.117. The SMILES string of the molecule is O=C1C[C@H](N(CC2CC2)CC2CC2)[C@H](c2ccccc2)N1c1ccc2c(cnn2-c2ccc(F)cc2)c1. The lowest BCUT2D eigenvalue weighted by Gasteiger charge is -2.36. The summed E-state index contributed by atoms with van der Waals surface area (Å²) in [5, 5.41) is 5.52. The van der Waals surface area contributed by atoms with Crippen LogP contribution in [-0.2, 0) is 4.79 Å². The molecule has 188 valence electrons. The van der Waals surface area contributed by atoms with E-state index in [1.54, 1.807) is 12.1 Å².